The van der Waals surface area contributed by atoms with Crippen molar-refractivity contribution in [3.8, 4) is 9.88 Å². The molecule has 0 aromatic carbocycles. The molecule has 26 heavy (non-hydrogen) atoms. The van der Waals surface area contributed by atoms with E-state index >= 15 is 0 Å². The highest BCUT2D eigenvalue weighted by molar-refractivity contribution is 7.20. The Bertz CT molecular complexity index is 777. The number of thiophene rings is 1. The minimum absolute atomic E-state index is 0.0150. The molecule has 1 unspecified atom stereocenters. The molecule has 0 spiro atoms. The number of carbonyl (C=O) groups excluding carboxylic acids is 2. The van der Waals surface area contributed by atoms with Crippen LogP contribution in [-0.4, -0.2) is 64.9 Å². The van der Waals surface area contributed by atoms with Gasteiger partial charge in [0.25, 0.3) is 5.91 Å². The van der Waals surface area contributed by atoms with Gasteiger partial charge < -0.3 is 10.2 Å². The second-order valence-electron chi connectivity index (χ2n) is 6.80. The first-order chi connectivity index (χ1) is 12.6. The molecule has 138 valence electrons. The van der Waals surface area contributed by atoms with Gasteiger partial charge in [-0.1, -0.05) is 6.07 Å². The van der Waals surface area contributed by atoms with Gasteiger partial charge in [0.05, 0.1) is 10.9 Å². The van der Waals surface area contributed by atoms with E-state index in [0.29, 0.717) is 37.9 Å². The molecule has 1 N–H and O–H groups in total. The predicted molar refractivity (Wildman–Crippen MR) is 104 cm³/mol. The van der Waals surface area contributed by atoms with Crippen molar-refractivity contribution in [1.82, 2.24) is 20.1 Å². The summed E-state index contributed by atoms with van der Waals surface area (Å²) in [4.78, 5) is 34.5. The average molecular weight is 391 g/mol. The predicted octanol–water partition coefficient (Wildman–Crippen LogP) is 2.30. The standard InChI is InChI=1S/C18H22N4O2S2/c1-12(16(23)19-13-4-5-13)21-6-8-22(9-7-21)18(24)14-11-26-17(20-14)15-3-2-10-25-15/h2-3,10-13H,4-9H2,1H3,(H,19,23). The number of carbonyl (C=O) groups is 2. The fourth-order valence-electron chi connectivity index (χ4n) is 3.07. The quantitative estimate of drug-likeness (QED) is 0.851. The summed E-state index contributed by atoms with van der Waals surface area (Å²) in [5.41, 5.74) is 0.520. The summed E-state index contributed by atoms with van der Waals surface area (Å²) in [5, 5.41) is 7.81. The van der Waals surface area contributed by atoms with Crippen molar-refractivity contribution in [2.75, 3.05) is 26.2 Å². The molecule has 0 bridgehead atoms. The third-order valence-corrected chi connectivity index (χ3v) is 6.79. The van der Waals surface area contributed by atoms with Crippen LogP contribution in [0.5, 0.6) is 0 Å². The number of hydrogen-bond acceptors (Lipinski definition) is 6. The highest BCUT2D eigenvalue weighted by Crippen LogP contribution is 2.28. The molecule has 1 aliphatic heterocycles. The van der Waals surface area contributed by atoms with E-state index in [1.807, 2.05) is 34.7 Å². The Morgan fingerprint density at radius 3 is 2.65 bits per heavy atom. The molecule has 6 nitrogen and oxygen atoms in total. The largest absolute Gasteiger partial charge is 0.352 e. The molecule has 0 radical (unpaired) electrons. The summed E-state index contributed by atoms with van der Waals surface area (Å²) < 4.78 is 0. The molecule has 2 fully saturated rings. The fourth-order valence-corrected chi connectivity index (χ4v) is 4.68. The number of nitrogens with zero attached hydrogens (tertiary/aromatic N) is 3. The summed E-state index contributed by atoms with van der Waals surface area (Å²) in [6.07, 6.45) is 2.20. The SMILES string of the molecule is CC(C(=O)NC1CC1)N1CCN(C(=O)c2csc(-c3cccs3)n2)CC1. The minimum atomic E-state index is -0.141. The van der Waals surface area contributed by atoms with Gasteiger partial charge in [0.2, 0.25) is 5.91 Å². The molecule has 2 aromatic rings. The molecule has 1 atom stereocenters. The van der Waals surface area contributed by atoms with Crippen LogP contribution in [-0.2, 0) is 4.79 Å². The van der Waals surface area contributed by atoms with Crippen LogP contribution in [0.15, 0.2) is 22.9 Å². The normalized spacial score (nSPS) is 19.3. The van der Waals surface area contributed by atoms with Crippen LogP contribution in [0.2, 0.25) is 0 Å². The summed E-state index contributed by atoms with van der Waals surface area (Å²) in [7, 11) is 0. The Balaban J connectivity index is 1.32. The van der Waals surface area contributed by atoms with Crippen LogP contribution in [0.1, 0.15) is 30.3 Å². The van der Waals surface area contributed by atoms with Gasteiger partial charge in [0.1, 0.15) is 10.7 Å². The average Bonchev–Trinajstić information content (AvgIpc) is 3.14. The summed E-state index contributed by atoms with van der Waals surface area (Å²) in [6, 6.07) is 4.25. The molecular weight excluding hydrogens is 368 g/mol. The monoisotopic (exact) mass is 390 g/mol. The van der Waals surface area contributed by atoms with Crippen LogP contribution in [0, 0.1) is 0 Å². The molecular formula is C18H22N4O2S2. The van der Waals surface area contributed by atoms with E-state index in [4.69, 9.17) is 0 Å². The van der Waals surface area contributed by atoms with Gasteiger partial charge in [-0.3, -0.25) is 14.5 Å². The van der Waals surface area contributed by atoms with Gasteiger partial charge >= 0.3 is 0 Å². The highest BCUT2D eigenvalue weighted by atomic mass is 32.1. The van der Waals surface area contributed by atoms with Crippen molar-refractivity contribution in [2.24, 2.45) is 0 Å². The van der Waals surface area contributed by atoms with Gasteiger partial charge in [0.15, 0.2) is 0 Å². The molecule has 1 saturated carbocycles. The zero-order chi connectivity index (χ0) is 18.1. The zero-order valence-corrected chi connectivity index (χ0v) is 16.3. The van der Waals surface area contributed by atoms with E-state index in [1.165, 1.54) is 11.3 Å². The summed E-state index contributed by atoms with van der Waals surface area (Å²) >= 11 is 3.14. The van der Waals surface area contributed by atoms with Crippen molar-refractivity contribution >= 4 is 34.5 Å². The molecule has 2 aromatic heterocycles. The number of amides is 2. The molecule has 1 saturated heterocycles. The molecule has 1 aliphatic carbocycles. The van der Waals surface area contributed by atoms with Crippen LogP contribution < -0.4 is 5.32 Å². The van der Waals surface area contributed by atoms with E-state index in [0.717, 1.165) is 22.7 Å². The van der Waals surface area contributed by atoms with Crippen molar-refractivity contribution in [2.45, 2.75) is 31.8 Å². The van der Waals surface area contributed by atoms with Crippen molar-refractivity contribution in [1.29, 1.82) is 0 Å². The van der Waals surface area contributed by atoms with Crippen molar-refractivity contribution in [3.63, 3.8) is 0 Å². The Morgan fingerprint density at radius 1 is 1.23 bits per heavy atom. The minimum Gasteiger partial charge on any atom is -0.352 e. The second-order valence-corrected chi connectivity index (χ2v) is 8.61. The number of piperazine rings is 1. The molecule has 2 aliphatic rings. The van der Waals surface area contributed by atoms with E-state index in [1.54, 1.807) is 11.3 Å². The first-order valence-electron chi connectivity index (χ1n) is 8.95. The lowest BCUT2D eigenvalue weighted by atomic mass is 10.2. The Kier molecular flexibility index (Phi) is 5.06. The maximum Gasteiger partial charge on any atom is 0.273 e. The van der Waals surface area contributed by atoms with Gasteiger partial charge in [-0.15, -0.1) is 22.7 Å². The van der Waals surface area contributed by atoms with Crippen LogP contribution >= 0.6 is 22.7 Å². The number of nitrogens with one attached hydrogen (secondary N) is 1. The third-order valence-electron chi connectivity index (χ3n) is 4.91. The topological polar surface area (TPSA) is 65.5 Å². The Morgan fingerprint density at radius 2 is 2.00 bits per heavy atom. The molecule has 4 rings (SSSR count). The number of rotatable bonds is 5. The van der Waals surface area contributed by atoms with Crippen molar-refractivity contribution < 1.29 is 9.59 Å². The Labute approximate surface area is 160 Å². The van der Waals surface area contributed by atoms with Gasteiger partial charge in [0, 0.05) is 37.6 Å². The van der Waals surface area contributed by atoms with E-state index in [-0.39, 0.29) is 17.9 Å². The van der Waals surface area contributed by atoms with E-state index in [9.17, 15) is 9.59 Å². The number of hydrogen-bond donors (Lipinski definition) is 1. The highest BCUT2D eigenvalue weighted by Gasteiger charge is 2.31. The molecule has 2 amide bonds. The maximum absolute atomic E-state index is 12.7. The van der Waals surface area contributed by atoms with Gasteiger partial charge in [-0.25, -0.2) is 4.98 Å². The maximum atomic E-state index is 12.7. The van der Waals surface area contributed by atoms with Crippen LogP contribution in [0.25, 0.3) is 9.88 Å². The molecule has 3 heterocycles. The first-order valence-corrected chi connectivity index (χ1v) is 10.7. The fraction of sp³-hybridized carbons (Fsp3) is 0.500. The van der Waals surface area contributed by atoms with E-state index < -0.39 is 0 Å². The van der Waals surface area contributed by atoms with Crippen LogP contribution in [0.3, 0.4) is 0 Å². The lowest BCUT2D eigenvalue weighted by Gasteiger charge is -2.37. The lowest BCUT2D eigenvalue weighted by Crippen LogP contribution is -2.55. The second kappa shape index (κ2) is 7.46. The van der Waals surface area contributed by atoms with Crippen molar-refractivity contribution in [3.05, 3.63) is 28.6 Å². The number of thiazole rings is 1. The Hall–Kier alpha value is -1.77. The van der Waals surface area contributed by atoms with Gasteiger partial charge in [-0.05, 0) is 31.2 Å². The first kappa shape index (κ1) is 17.6. The van der Waals surface area contributed by atoms with Gasteiger partial charge in [-0.2, -0.15) is 0 Å². The lowest BCUT2D eigenvalue weighted by molar-refractivity contribution is -0.126. The summed E-state index contributed by atoms with van der Waals surface area (Å²) in [5.74, 6) is 0.0890. The number of aromatic nitrogens is 1. The smallest absolute Gasteiger partial charge is 0.273 e. The zero-order valence-electron chi connectivity index (χ0n) is 14.7. The summed E-state index contributed by atoms with van der Waals surface area (Å²) in [6.45, 7) is 4.64. The van der Waals surface area contributed by atoms with E-state index in [2.05, 4.69) is 15.2 Å². The third kappa shape index (κ3) is 3.82. The molecule has 8 heteroatoms. The van der Waals surface area contributed by atoms with Crippen LogP contribution in [0.4, 0.5) is 0 Å².